The van der Waals surface area contributed by atoms with Crippen molar-refractivity contribution in [2.45, 2.75) is 20.3 Å². The monoisotopic (exact) mass is 243 g/mol. The topological polar surface area (TPSA) is 61.0 Å². The van der Waals surface area contributed by atoms with Crippen LogP contribution in [0.4, 0.5) is 0 Å². The Morgan fingerprint density at radius 1 is 1.17 bits per heavy atom. The second-order valence-electron chi connectivity index (χ2n) is 4.12. The molecule has 0 unspecified atom stereocenters. The van der Waals surface area contributed by atoms with E-state index in [1.165, 1.54) is 0 Å². The highest BCUT2D eigenvalue weighted by Gasteiger charge is 2.07. The zero-order valence-corrected chi connectivity index (χ0v) is 10.7. The van der Waals surface area contributed by atoms with Crippen LogP contribution in [0.15, 0.2) is 30.5 Å². The molecule has 2 rings (SSSR count). The number of nitrogens with two attached hydrogens (primary N) is 1. The molecule has 2 aromatic rings. The normalized spacial score (nSPS) is 10.4. The van der Waals surface area contributed by atoms with Crippen molar-refractivity contribution >= 4 is 0 Å². The molecule has 0 radical (unpaired) electrons. The van der Waals surface area contributed by atoms with Crippen molar-refractivity contribution in [2.75, 3.05) is 6.54 Å². The number of para-hydroxylation sites is 1. The number of benzene rings is 1. The van der Waals surface area contributed by atoms with E-state index in [0.29, 0.717) is 12.3 Å². The SMILES string of the molecule is Cc1ncc(Oc2ccccc2CCN)c(C)n1. The van der Waals surface area contributed by atoms with Gasteiger partial charge in [-0.1, -0.05) is 18.2 Å². The van der Waals surface area contributed by atoms with Crippen LogP contribution in [0.25, 0.3) is 0 Å². The lowest BCUT2D eigenvalue weighted by Gasteiger charge is -2.11. The Kier molecular flexibility index (Phi) is 3.89. The molecule has 0 saturated carbocycles. The summed E-state index contributed by atoms with van der Waals surface area (Å²) in [6, 6.07) is 7.88. The van der Waals surface area contributed by atoms with Crippen LogP contribution in [0.5, 0.6) is 11.5 Å². The van der Waals surface area contributed by atoms with Gasteiger partial charge in [-0.3, -0.25) is 0 Å². The van der Waals surface area contributed by atoms with Crippen molar-refractivity contribution in [3.8, 4) is 11.5 Å². The molecule has 0 atom stereocenters. The Bertz CT molecular complexity index is 540. The highest BCUT2D eigenvalue weighted by atomic mass is 16.5. The number of hydrogen-bond acceptors (Lipinski definition) is 4. The van der Waals surface area contributed by atoms with Crippen LogP contribution in [-0.4, -0.2) is 16.5 Å². The van der Waals surface area contributed by atoms with Crippen molar-refractivity contribution in [1.82, 2.24) is 9.97 Å². The van der Waals surface area contributed by atoms with Crippen molar-refractivity contribution in [1.29, 1.82) is 0 Å². The van der Waals surface area contributed by atoms with Crippen LogP contribution >= 0.6 is 0 Å². The van der Waals surface area contributed by atoms with Crippen LogP contribution in [0.2, 0.25) is 0 Å². The number of aryl methyl sites for hydroxylation is 2. The largest absolute Gasteiger partial charge is 0.454 e. The minimum atomic E-state index is 0.601. The van der Waals surface area contributed by atoms with E-state index in [4.69, 9.17) is 10.5 Å². The average Bonchev–Trinajstić information content (AvgIpc) is 2.35. The number of aromatic nitrogens is 2. The van der Waals surface area contributed by atoms with Gasteiger partial charge in [0.1, 0.15) is 11.6 Å². The van der Waals surface area contributed by atoms with E-state index in [1.54, 1.807) is 6.20 Å². The Balaban J connectivity index is 2.28. The van der Waals surface area contributed by atoms with Gasteiger partial charge in [-0.25, -0.2) is 9.97 Å². The standard InChI is InChI=1S/C14H17N3O/c1-10-14(9-16-11(2)17-10)18-13-6-4-3-5-12(13)7-8-15/h3-6,9H,7-8,15H2,1-2H3. The van der Waals surface area contributed by atoms with E-state index >= 15 is 0 Å². The first-order valence-corrected chi connectivity index (χ1v) is 5.97. The highest BCUT2D eigenvalue weighted by Crippen LogP contribution is 2.26. The summed E-state index contributed by atoms with van der Waals surface area (Å²) in [7, 11) is 0. The maximum Gasteiger partial charge on any atom is 0.166 e. The average molecular weight is 243 g/mol. The zero-order chi connectivity index (χ0) is 13.0. The summed E-state index contributed by atoms with van der Waals surface area (Å²) in [6.45, 7) is 4.37. The number of ether oxygens (including phenoxy) is 1. The predicted octanol–water partition coefficient (Wildman–Crippen LogP) is 2.39. The second-order valence-corrected chi connectivity index (χ2v) is 4.12. The van der Waals surface area contributed by atoms with Gasteiger partial charge in [0.05, 0.1) is 11.9 Å². The molecule has 0 spiro atoms. The molecule has 18 heavy (non-hydrogen) atoms. The Labute approximate surface area is 107 Å². The first-order chi connectivity index (χ1) is 8.70. The fourth-order valence-corrected chi connectivity index (χ4v) is 1.76. The maximum atomic E-state index is 5.87. The van der Waals surface area contributed by atoms with Gasteiger partial charge in [-0.15, -0.1) is 0 Å². The summed E-state index contributed by atoms with van der Waals surface area (Å²) in [4.78, 5) is 8.44. The molecular weight excluding hydrogens is 226 g/mol. The third kappa shape index (κ3) is 2.84. The van der Waals surface area contributed by atoms with Crippen molar-refractivity contribution in [2.24, 2.45) is 5.73 Å². The van der Waals surface area contributed by atoms with Gasteiger partial charge in [-0.05, 0) is 38.4 Å². The Morgan fingerprint density at radius 3 is 2.67 bits per heavy atom. The lowest BCUT2D eigenvalue weighted by molar-refractivity contribution is 0.466. The van der Waals surface area contributed by atoms with Crippen LogP contribution in [0.1, 0.15) is 17.1 Å². The van der Waals surface area contributed by atoms with E-state index in [1.807, 2.05) is 38.1 Å². The van der Waals surface area contributed by atoms with Gasteiger partial charge in [-0.2, -0.15) is 0 Å². The van der Waals surface area contributed by atoms with E-state index in [-0.39, 0.29) is 0 Å². The minimum absolute atomic E-state index is 0.601. The molecule has 0 saturated heterocycles. The number of nitrogens with zero attached hydrogens (tertiary/aromatic N) is 2. The van der Waals surface area contributed by atoms with Gasteiger partial charge in [0.15, 0.2) is 5.75 Å². The quantitative estimate of drug-likeness (QED) is 0.895. The predicted molar refractivity (Wildman–Crippen MR) is 70.8 cm³/mol. The van der Waals surface area contributed by atoms with Crippen molar-refractivity contribution in [3.63, 3.8) is 0 Å². The number of hydrogen-bond donors (Lipinski definition) is 1. The molecule has 94 valence electrons. The fourth-order valence-electron chi connectivity index (χ4n) is 1.76. The van der Waals surface area contributed by atoms with Crippen molar-refractivity contribution in [3.05, 3.63) is 47.5 Å². The maximum absolute atomic E-state index is 5.87. The molecule has 0 aliphatic carbocycles. The van der Waals surface area contributed by atoms with Crippen LogP contribution in [0.3, 0.4) is 0 Å². The molecular formula is C14H17N3O. The van der Waals surface area contributed by atoms with E-state index in [9.17, 15) is 0 Å². The molecule has 0 aliphatic rings. The fraction of sp³-hybridized carbons (Fsp3) is 0.286. The van der Waals surface area contributed by atoms with Crippen LogP contribution in [-0.2, 0) is 6.42 Å². The molecule has 0 aliphatic heterocycles. The zero-order valence-electron chi connectivity index (χ0n) is 10.7. The third-order valence-corrected chi connectivity index (χ3v) is 2.66. The Hall–Kier alpha value is -1.94. The van der Waals surface area contributed by atoms with Crippen molar-refractivity contribution < 1.29 is 4.74 Å². The van der Waals surface area contributed by atoms with E-state index in [0.717, 1.165) is 29.3 Å². The Morgan fingerprint density at radius 2 is 1.94 bits per heavy atom. The van der Waals surface area contributed by atoms with E-state index in [2.05, 4.69) is 9.97 Å². The van der Waals surface area contributed by atoms with Gasteiger partial charge >= 0.3 is 0 Å². The molecule has 4 heteroatoms. The van der Waals surface area contributed by atoms with Crippen LogP contribution < -0.4 is 10.5 Å². The summed E-state index contributed by atoms with van der Waals surface area (Å²) < 4.78 is 5.87. The first-order valence-electron chi connectivity index (χ1n) is 5.97. The molecule has 1 aromatic heterocycles. The summed E-state index contributed by atoms with van der Waals surface area (Å²) in [5, 5.41) is 0. The summed E-state index contributed by atoms with van der Waals surface area (Å²) in [5.41, 5.74) is 7.53. The summed E-state index contributed by atoms with van der Waals surface area (Å²) >= 11 is 0. The van der Waals surface area contributed by atoms with Gasteiger partial charge in [0, 0.05) is 0 Å². The molecule has 1 aromatic carbocycles. The highest BCUT2D eigenvalue weighted by molar-refractivity contribution is 5.38. The van der Waals surface area contributed by atoms with Gasteiger partial charge < -0.3 is 10.5 Å². The molecule has 1 heterocycles. The lowest BCUT2D eigenvalue weighted by Crippen LogP contribution is -2.04. The minimum Gasteiger partial charge on any atom is -0.454 e. The lowest BCUT2D eigenvalue weighted by atomic mass is 10.1. The second kappa shape index (κ2) is 5.60. The van der Waals surface area contributed by atoms with E-state index < -0.39 is 0 Å². The molecule has 2 N–H and O–H groups in total. The molecule has 0 amide bonds. The molecule has 0 bridgehead atoms. The first kappa shape index (κ1) is 12.5. The summed E-state index contributed by atoms with van der Waals surface area (Å²) in [5.74, 6) is 2.25. The smallest absolute Gasteiger partial charge is 0.166 e. The van der Waals surface area contributed by atoms with Gasteiger partial charge in [0.2, 0.25) is 0 Å². The molecule has 4 nitrogen and oxygen atoms in total. The van der Waals surface area contributed by atoms with Gasteiger partial charge in [0.25, 0.3) is 0 Å². The molecule has 0 fully saturated rings. The summed E-state index contributed by atoms with van der Waals surface area (Å²) in [6.07, 6.45) is 2.50. The van der Waals surface area contributed by atoms with Crippen LogP contribution in [0, 0.1) is 13.8 Å². The third-order valence-electron chi connectivity index (χ3n) is 2.66. The number of rotatable bonds is 4.